The Morgan fingerprint density at radius 3 is 2.74 bits per heavy atom. The largest absolute Gasteiger partial charge is 0.450 e. The van der Waals surface area contributed by atoms with Gasteiger partial charge in [0.2, 0.25) is 0 Å². The van der Waals surface area contributed by atoms with Crippen LogP contribution in [-0.2, 0) is 18.8 Å². The molecule has 0 radical (unpaired) electrons. The monoisotopic (exact) mass is 460 g/mol. The fourth-order valence-electron chi connectivity index (χ4n) is 4.71. The van der Waals surface area contributed by atoms with Crippen LogP contribution in [0.2, 0.25) is 0 Å². The van der Waals surface area contributed by atoms with Crippen LogP contribution in [0, 0.1) is 0 Å². The third kappa shape index (κ3) is 3.31. The number of pyridine rings is 1. The fraction of sp³-hybridized carbons (Fsp3) is 0.391. The highest BCUT2D eigenvalue weighted by molar-refractivity contribution is 6.05. The molecule has 1 saturated heterocycles. The molecule has 1 aliphatic rings. The third-order valence-electron chi connectivity index (χ3n) is 6.38. The molecule has 6 heterocycles. The summed E-state index contributed by atoms with van der Waals surface area (Å²) in [6.45, 7) is 2.69. The van der Waals surface area contributed by atoms with E-state index in [0.29, 0.717) is 51.5 Å². The number of aryl methyl sites for hydroxylation is 2. The molecule has 0 saturated carbocycles. The van der Waals surface area contributed by atoms with Gasteiger partial charge in [0.15, 0.2) is 11.2 Å². The highest BCUT2D eigenvalue weighted by Gasteiger charge is 2.29. The van der Waals surface area contributed by atoms with Gasteiger partial charge in [-0.05, 0) is 31.4 Å². The molecule has 0 N–H and O–H groups in total. The van der Waals surface area contributed by atoms with Gasteiger partial charge < -0.3 is 9.15 Å². The van der Waals surface area contributed by atoms with Crippen molar-refractivity contribution in [2.45, 2.75) is 38.3 Å². The summed E-state index contributed by atoms with van der Waals surface area (Å²) in [5.41, 5.74) is 4.47. The summed E-state index contributed by atoms with van der Waals surface area (Å²) in [6, 6.07) is 3.63. The number of aromatic nitrogens is 8. The normalized spacial score (nSPS) is 18.8. The second-order valence-corrected chi connectivity index (χ2v) is 8.64. The standard InChI is InChI=1S/C23H24N8O3/c1-4-15-9-14(7-8-33-15)31-21-20-18(6-5-16(26-20)17-11-25-30(3)28-17)34-22(21)19(27-23(31)32)13-10-24-29(2)12-13/h5-6,10-12,14-15H,4,7-9H2,1-3H3. The molecule has 5 aromatic rings. The molecule has 11 heteroatoms. The highest BCUT2D eigenvalue weighted by atomic mass is 16.5. The molecule has 0 aromatic carbocycles. The Kier molecular flexibility index (Phi) is 4.80. The number of hydrogen-bond donors (Lipinski definition) is 0. The lowest BCUT2D eigenvalue weighted by Crippen LogP contribution is -2.34. The molecule has 0 spiro atoms. The molecule has 0 aliphatic carbocycles. The lowest BCUT2D eigenvalue weighted by atomic mass is 10.0. The van der Waals surface area contributed by atoms with Crippen LogP contribution in [0.4, 0.5) is 0 Å². The Morgan fingerprint density at radius 1 is 1.12 bits per heavy atom. The molecule has 5 aromatic heterocycles. The number of furan rings is 1. The van der Waals surface area contributed by atoms with Gasteiger partial charge in [0.1, 0.15) is 22.4 Å². The number of rotatable bonds is 4. The SMILES string of the molecule is CCC1CC(n2c(=O)nc(-c3cnn(C)c3)c3oc4ccc(-c5cnn(C)n5)nc4c32)CCO1. The first-order chi connectivity index (χ1) is 16.5. The molecule has 2 atom stereocenters. The molecule has 11 nitrogen and oxygen atoms in total. The maximum Gasteiger partial charge on any atom is 0.349 e. The van der Waals surface area contributed by atoms with Crippen LogP contribution >= 0.6 is 0 Å². The van der Waals surface area contributed by atoms with Crippen molar-refractivity contribution in [2.75, 3.05) is 6.61 Å². The van der Waals surface area contributed by atoms with E-state index in [-0.39, 0.29) is 17.8 Å². The summed E-state index contributed by atoms with van der Waals surface area (Å²) in [6.07, 6.45) is 7.59. The molecule has 2 unspecified atom stereocenters. The van der Waals surface area contributed by atoms with Gasteiger partial charge in [0, 0.05) is 38.5 Å². The Labute approximate surface area is 194 Å². The van der Waals surface area contributed by atoms with E-state index < -0.39 is 0 Å². The average molecular weight is 460 g/mol. The van der Waals surface area contributed by atoms with Gasteiger partial charge in [-0.2, -0.15) is 25.1 Å². The van der Waals surface area contributed by atoms with Crippen molar-refractivity contribution in [3.63, 3.8) is 0 Å². The fourth-order valence-corrected chi connectivity index (χ4v) is 4.71. The topological polar surface area (TPSA) is 119 Å². The van der Waals surface area contributed by atoms with Gasteiger partial charge in [-0.25, -0.2) is 9.78 Å². The molecule has 34 heavy (non-hydrogen) atoms. The smallest absolute Gasteiger partial charge is 0.349 e. The van der Waals surface area contributed by atoms with Crippen LogP contribution in [0.25, 0.3) is 44.8 Å². The molecular weight excluding hydrogens is 436 g/mol. The van der Waals surface area contributed by atoms with Crippen molar-refractivity contribution >= 4 is 22.2 Å². The van der Waals surface area contributed by atoms with Crippen LogP contribution in [0.5, 0.6) is 0 Å². The Balaban J connectivity index is 1.65. The molecule has 1 aliphatic heterocycles. The summed E-state index contributed by atoms with van der Waals surface area (Å²) in [5.74, 6) is 0. The molecule has 6 rings (SSSR count). The van der Waals surface area contributed by atoms with E-state index in [4.69, 9.17) is 14.1 Å². The van der Waals surface area contributed by atoms with E-state index in [1.54, 1.807) is 28.7 Å². The van der Waals surface area contributed by atoms with E-state index in [1.807, 2.05) is 25.4 Å². The highest BCUT2D eigenvalue weighted by Crippen LogP contribution is 2.37. The minimum Gasteiger partial charge on any atom is -0.450 e. The molecular formula is C23H24N8O3. The van der Waals surface area contributed by atoms with Gasteiger partial charge in [-0.3, -0.25) is 9.25 Å². The Hall–Kier alpha value is -3.86. The zero-order chi connectivity index (χ0) is 23.4. The quantitative estimate of drug-likeness (QED) is 0.402. The summed E-state index contributed by atoms with van der Waals surface area (Å²) >= 11 is 0. The number of fused-ring (bicyclic) bond motifs is 3. The molecule has 0 bridgehead atoms. The summed E-state index contributed by atoms with van der Waals surface area (Å²) in [7, 11) is 3.58. The van der Waals surface area contributed by atoms with Crippen LogP contribution < -0.4 is 5.69 Å². The molecule has 174 valence electrons. The van der Waals surface area contributed by atoms with Crippen LogP contribution in [0.1, 0.15) is 32.2 Å². The van der Waals surface area contributed by atoms with Crippen LogP contribution in [0.3, 0.4) is 0 Å². The zero-order valence-electron chi connectivity index (χ0n) is 19.2. The number of nitrogens with zero attached hydrogens (tertiary/aromatic N) is 8. The van der Waals surface area contributed by atoms with Crippen LogP contribution in [0.15, 0.2) is 39.9 Å². The van der Waals surface area contributed by atoms with Gasteiger partial charge in [0.25, 0.3) is 0 Å². The molecule has 0 amide bonds. The maximum absolute atomic E-state index is 13.5. The Bertz CT molecular complexity index is 1580. The predicted molar refractivity (Wildman–Crippen MR) is 124 cm³/mol. The zero-order valence-corrected chi connectivity index (χ0v) is 19.2. The lowest BCUT2D eigenvalue weighted by molar-refractivity contribution is -0.00710. The first-order valence-corrected chi connectivity index (χ1v) is 11.3. The minimum atomic E-state index is -0.331. The van der Waals surface area contributed by atoms with Crippen molar-refractivity contribution < 1.29 is 9.15 Å². The van der Waals surface area contributed by atoms with Gasteiger partial charge in [-0.15, -0.1) is 0 Å². The predicted octanol–water partition coefficient (Wildman–Crippen LogP) is 2.86. The van der Waals surface area contributed by atoms with Crippen molar-refractivity contribution in [3.8, 4) is 22.6 Å². The van der Waals surface area contributed by atoms with E-state index in [9.17, 15) is 4.79 Å². The van der Waals surface area contributed by atoms with Gasteiger partial charge in [-0.1, -0.05) is 6.92 Å². The first kappa shape index (κ1) is 20.7. The van der Waals surface area contributed by atoms with Crippen molar-refractivity contribution in [2.24, 2.45) is 14.1 Å². The maximum atomic E-state index is 13.5. The minimum absolute atomic E-state index is 0.0630. The van der Waals surface area contributed by atoms with E-state index in [1.165, 1.54) is 4.80 Å². The number of hydrogen-bond acceptors (Lipinski definition) is 8. The molecule has 1 fully saturated rings. The summed E-state index contributed by atoms with van der Waals surface area (Å²) in [5, 5.41) is 12.8. The van der Waals surface area contributed by atoms with Crippen molar-refractivity contribution in [1.29, 1.82) is 0 Å². The lowest BCUT2D eigenvalue weighted by Gasteiger charge is -2.30. The third-order valence-corrected chi connectivity index (χ3v) is 6.38. The second kappa shape index (κ2) is 7.87. The Morgan fingerprint density at radius 2 is 2.00 bits per heavy atom. The van der Waals surface area contributed by atoms with E-state index in [2.05, 4.69) is 27.2 Å². The van der Waals surface area contributed by atoms with Crippen molar-refractivity contribution in [3.05, 3.63) is 41.2 Å². The van der Waals surface area contributed by atoms with E-state index >= 15 is 0 Å². The van der Waals surface area contributed by atoms with Crippen molar-refractivity contribution in [1.82, 2.24) is 39.3 Å². The summed E-state index contributed by atoms with van der Waals surface area (Å²) in [4.78, 5) is 24.3. The summed E-state index contributed by atoms with van der Waals surface area (Å²) < 4.78 is 15.6. The van der Waals surface area contributed by atoms with Gasteiger partial charge >= 0.3 is 5.69 Å². The number of ether oxygens (including phenoxy) is 1. The van der Waals surface area contributed by atoms with Crippen LogP contribution in [-0.4, -0.2) is 52.0 Å². The average Bonchev–Trinajstić information content (AvgIpc) is 3.57. The second-order valence-electron chi connectivity index (χ2n) is 8.64. The van der Waals surface area contributed by atoms with E-state index in [0.717, 1.165) is 19.3 Å². The van der Waals surface area contributed by atoms with Gasteiger partial charge in [0.05, 0.1) is 24.2 Å². The first-order valence-electron chi connectivity index (χ1n) is 11.3.